The number of hydrogen-bond acceptors (Lipinski definition) is 3. The summed E-state index contributed by atoms with van der Waals surface area (Å²) in [5.74, 6) is 0.430. The van der Waals surface area contributed by atoms with Gasteiger partial charge in [-0.2, -0.15) is 0 Å². The number of rotatable bonds is 2. The first-order valence-electron chi connectivity index (χ1n) is 5.30. The quantitative estimate of drug-likeness (QED) is 0.735. The van der Waals surface area contributed by atoms with Gasteiger partial charge < -0.3 is 0 Å². The summed E-state index contributed by atoms with van der Waals surface area (Å²) in [6.07, 6.45) is 2.39. The molecule has 0 unspecified atom stereocenters. The van der Waals surface area contributed by atoms with Crippen LogP contribution in [-0.4, -0.2) is 31.7 Å². The molecule has 4 heteroatoms. The Balaban J connectivity index is 2.14. The zero-order valence-corrected chi connectivity index (χ0v) is 10.1. The lowest BCUT2D eigenvalue weighted by atomic mass is 10.0. The Morgan fingerprint density at radius 3 is 2.56 bits per heavy atom. The van der Waals surface area contributed by atoms with Crippen molar-refractivity contribution < 1.29 is 8.42 Å². The molecule has 0 bridgehead atoms. The van der Waals surface area contributed by atoms with Gasteiger partial charge in [0.05, 0.1) is 17.0 Å². The summed E-state index contributed by atoms with van der Waals surface area (Å²) in [5, 5.41) is 0. The molecule has 1 aromatic carbocycles. The Labute approximate surface area is 96.1 Å². The van der Waals surface area contributed by atoms with E-state index in [-0.39, 0.29) is 11.5 Å². The van der Waals surface area contributed by atoms with Crippen LogP contribution in [0.5, 0.6) is 0 Å². The predicted molar refractivity (Wildman–Crippen MR) is 65.7 cm³/mol. The lowest BCUT2D eigenvalue weighted by Crippen LogP contribution is -2.23. The van der Waals surface area contributed by atoms with Crippen molar-refractivity contribution in [2.75, 3.05) is 11.5 Å². The molecule has 1 aromatic rings. The van der Waals surface area contributed by atoms with E-state index < -0.39 is 15.4 Å². The number of aliphatic imine (C=N–C) groups is 1. The van der Waals surface area contributed by atoms with E-state index in [4.69, 9.17) is 0 Å². The van der Waals surface area contributed by atoms with E-state index in [0.717, 1.165) is 5.56 Å². The SMILES string of the molecule is C[C@@]1(N=Cc2ccccc2)CCS(=O)(=O)C1. The maximum absolute atomic E-state index is 11.4. The molecular weight excluding hydrogens is 222 g/mol. The molecule has 0 aliphatic carbocycles. The molecule has 0 aromatic heterocycles. The number of sulfone groups is 1. The molecular formula is C12H15NO2S. The summed E-state index contributed by atoms with van der Waals surface area (Å²) in [6, 6.07) is 9.73. The highest BCUT2D eigenvalue weighted by Crippen LogP contribution is 2.26. The summed E-state index contributed by atoms with van der Waals surface area (Å²) in [6.45, 7) is 1.90. The van der Waals surface area contributed by atoms with E-state index in [2.05, 4.69) is 4.99 Å². The van der Waals surface area contributed by atoms with Crippen molar-refractivity contribution in [3.05, 3.63) is 35.9 Å². The Kier molecular flexibility index (Phi) is 2.84. The zero-order valence-electron chi connectivity index (χ0n) is 9.26. The first kappa shape index (κ1) is 11.3. The van der Waals surface area contributed by atoms with Gasteiger partial charge in [-0.3, -0.25) is 4.99 Å². The first-order chi connectivity index (χ1) is 7.49. The fourth-order valence-electron chi connectivity index (χ4n) is 1.86. The maximum atomic E-state index is 11.4. The molecule has 0 spiro atoms. The fraction of sp³-hybridized carbons (Fsp3) is 0.417. The minimum Gasteiger partial charge on any atom is -0.285 e. The van der Waals surface area contributed by atoms with Gasteiger partial charge >= 0.3 is 0 Å². The minimum atomic E-state index is -2.87. The monoisotopic (exact) mass is 237 g/mol. The van der Waals surface area contributed by atoms with E-state index in [0.29, 0.717) is 6.42 Å². The van der Waals surface area contributed by atoms with Crippen molar-refractivity contribution in [1.82, 2.24) is 0 Å². The number of benzene rings is 1. The van der Waals surface area contributed by atoms with Gasteiger partial charge in [-0.1, -0.05) is 30.3 Å². The second kappa shape index (κ2) is 4.01. The van der Waals surface area contributed by atoms with Crippen LogP contribution in [0, 0.1) is 0 Å². The Bertz CT molecular complexity index is 493. The van der Waals surface area contributed by atoms with Crippen LogP contribution in [0.15, 0.2) is 35.3 Å². The molecule has 0 radical (unpaired) electrons. The van der Waals surface area contributed by atoms with Crippen LogP contribution in [0.4, 0.5) is 0 Å². The molecule has 16 heavy (non-hydrogen) atoms. The van der Waals surface area contributed by atoms with E-state index in [9.17, 15) is 8.42 Å². The van der Waals surface area contributed by atoms with E-state index in [1.807, 2.05) is 37.3 Å². The Morgan fingerprint density at radius 2 is 2.00 bits per heavy atom. The second-order valence-electron chi connectivity index (χ2n) is 4.51. The summed E-state index contributed by atoms with van der Waals surface area (Å²) in [7, 11) is -2.87. The summed E-state index contributed by atoms with van der Waals surface area (Å²) in [5.41, 5.74) is 0.572. The smallest absolute Gasteiger partial charge is 0.152 e. The molecule has 2 rings (SSSR count). The molecule has 86 valence electrons. The van der Waals surface area contributed by atoms with Crippen molar-refractivity contribution >= 4 is 16.1 Å². The van der Waals surface area contributed by atoms with Gasteiger partial charge in [-0.15, -0.1) is 0 Å². The number of nitrogens with zero attached hydrogens (tertiary/aromatic N) is 1. The molecule has 0 saturated carbocycles. The van der Waals surface area contributed by atoms with Crippen LogP contribution in [0.25, 0.3) is 0 Å². The zero-order chi connectivity index (χ0) is 11.6. The van der Waals surface area contributed by atoms with Crippen molar-refractivity contribution in [1.29, 1.82) is 0 Å². The standard InChI is InChI=1S/C12H15NO2S/c1-12(7-8-16(14,15)10-12)13-9-11-5-3-2-4-6-11/h2-6,9H,7-8,10H2,1H3/t12-/m1/s1. The number of hydrogen-bond donors (Lipinski definition) is 0. The lowest BCUT2D eigenvalue weighted by molar-refractivity contribution is 0.536. The third-order valence-electron chi connectivity index (χ3n) is 2.81. The molecule has 1 atom stereocenters. The summed E-state index contributed by atoms with van der Waals surface area (Å²) in [4.78, 5) is 4.42. The van der Waals surface area contributed by atoms with Crippen LogP contribution < -0.4 is 0 Å². The maximum Gasteiger partial charge on any atom is 0.152 e. The average Bonchev–Trinajstić information content (AvgIpc) is 2.53. The van der Waals surface area contributed by atoms with E-state index in [1.165, 1.54) is 0 Å². The van der Waals surface area contributed by atoms with E-state index in [1.54, 1.807) is 6.21 Å². The highest BCUT2D eigenvalue weighted by Gasteiger charge is 2.37. The normalized spacial score (nSPS) is 28.6. The average molecular weight is 237 g/mol. The van der Waals surface area contributed by atoms with Gasteiger partial charge in [0.15, 0.2) is 9.84 Å². The summed E-state index contributed by atoms with van der Waals surface area (Å²) < 4.78 is 22.8. The molecule has 1 aliphatic rings. The van der Waals surface area contributed by atoms with Gasteiger partial charge in [0.25, 0.3) is 0 Å². The van der Waals surface area contributed by atoms with Crippen molar-refractivity contribution in [3.8, 4) is 0 Å². The highest BCUT2D eigenvalue weighted by atomic mass is 32.2. The summed E-state index contributed by atoms with van der Waals surface area (Å²) >= 11 is 0. The highest BCUT2D eigenvalue weighted by molar-refractivity contribution is 7.91. The molecule has 0 N–H and O–H groups in total. The Morgan fingerprint density at radius 1 is 1.31 bits per heavy atom. The van der Waals surface area contributed by atoms with Gasteiger partial charge in [-0.25, -0.2) is 8.42 Å². The second-order valence-corrected chi connectivity index (χ2v) is 6.69. The van der Waals surface area contributed by atoms with Gasteiger partial charge in [0.1, 0.15) is 0 Å². The van der Waals surface area contributed by atoms with Crippen molar-refractivity contribution in [3.63, 3.8) is 0 Å². The van der Waals surface area contributed by atoms with Crippen LogP contribution >= 0.6 is 0 Å². The topological polar surface area (TPSA) is 46.5 Å². The third kappa shape index (κ3) is 2.70. The Hall–Kier alpha value is -1.16. The predicted octanol–water partition coefficient (Wildman–Crippen LogP) is 1.68. The van der Waals surface area contributed by atoms with Gasteiger partial charge in [-0.05, 0) is 18.9 Å². The minimum absolute atomic E-state index is 0.170. The molecule has 0 amide bonds. The molecule has 1 fully saturated rings. The first-order valence-corrected chi connectivity index (χ1v) is 7.12. The fourth-order valence-corrected chi connectivity index (χ4v) is 3.93. The molecule has 3 nitrogen and oxygen atoms in total. The van der Waals surface area contributed by atoms with Crippen LogP contribution in [0.1, 0.15) is 18.9 Å². The van der Waals surface area contributed by atoms with Gasteiger partial charge in [0, 0.05) is 6.21 Å². The van der Waals surface area contributed by atoms with Gasteiger partial charge in [0.2, 0.25) is 0 Å². The van der Waals surface area contributed by atoms with Crippen LogP contribution in [0.3, 0.4) is 0 Å². The van der Waals surface area contributed by atoms with Crippen molar-refractivity contribution in [2.45, 2.75) is 18.9 Å². The molecule has 1 saturated heterocycles. The largest absolute Gasteiger partial charge is 0.285 e. The van der Waals surface area contributed by atoms with E-state index >= 15 is 0 Å². The van der Waals surface area contributed by atoms with Crippen LogP contribution in [-0.2, 0) is 9.84 Å². The van der Waals surface area contributed by atoms with Crippen molar-refractivity contribution in [2.24, 2.45) is 4.99 Å². The molecule has 1 aliphatic heterocycles. The third-order valence-corrected chi connectivity index (χ3v) is 4.70. The molecule has 1 heterocycles. The van der Waals surface area contributed by atoms with Crippen LogP contribution in [0.2, 0.25) is 0 Å². The lowest BCUT2D eigenvalue weighted by Gasteiger charge is -2.15.